The van der Waals surface area contributed by atoms with E-state index in [1.165, 1.54) is 18.7 Å². The average molecular weight is 548 g/mol. The van der Waals surface area contributed by atoms with Gasteiger partial charge in [-0.25, -0.2) is 9.69 Å². The lowest BCUT2D eigenvalue weighted by Gasteiger charge is -2.41. The predicted molar refractivity (Wildman–Crippen MR) is 152 cm³/mol. The molecule has 0 radical (unpaired) electrons. The Labute approximate surface area is 224 Å². The van der Waals surface area contributed by atoms with Crippen molar-refractivity contribution in [1.29, 1.82) is 0 Å². The molecule has 1 aromatic carbocycles. The molecule has 0 aliphatic carbocycles. The Morgan fingerprint density at radius 2 is 1.46 bits per heavy atom. The highest BCUT2D eigenvalue weighted by Gasteiger charge is 2.55. The van der Waals surface area contributed by atoms with Gasteiger partial charge in [0.25, 0.3) is 0 Å². The molecule has 0 bridgehead atoms. The number of esters is 1. The van der Waals surface area contributed by atoms with E-state index in [1.54, 1.807) is 20.8 Å². The van der Waals surface area contributed by atoms with Crippen molar-refractivity contribution in [3.05, 3.63) is 41.8 Å². The minimum atomic E-state index is -2.50. The monoisotopic (exact) mass is 547 g/mol. The van der Waals surface area contributed by atoms with Gasteiger partial charge in [-0.1, -0.05) is 69.4 Å². The van der Waals surface area contributed by atoms with Crippen molar-refractivity contribution in [2.75, 3.05) is 6.61 Å². The van der Waals surface area contributed by atoms with Crippen LogP contribution in [-0.4, -0.2) is 57.4 Å². The zero-order chi connectivity index (χ0) is 28.6. The summed E-state index contributed by atoms with van der Waals surface area (Å²) < 4.78 is 18.1. The molecule has 0 spiro atoms. The molecule has 37 heavy (non-hydrogen) atoms. The number of hydrogen-bond acceptors (Lipinski definition) is 6. The molecule has 2 atom stereocenters. The summed E-state index contributed by atoms with van der Waals surface area (Å²) in [7, 11) is -4.73. The number of ether oxygens (including phenoxy) is 2. The van der Waals surface area contributed by atoms with Gasteiger partial charge >= 0.3 is 12.1 Å². The lowest BCUT2D eigenvalue weighted by molar-refractivity contribution is -0.139. The van der Waals surface area contributed by atoms with Crippen LogP contribution in [-0.2, 0) is 23.5 Å². The first-order valence-electron chi connectivity index (χ1n) is 12.9. The second kappa shape index (κ2) is 10.9. The number of ketones is 1. The van der Waals surface area contributed by atoms with Gasteiger partial charge in [0.15, 0.2) is 14.1 Å². The average Bonchev–Trinajstić information content (AvgIpc) is 3.05. The van der Waals surface area contributed by atoms with Gasteiger partial charge in [0, 0.05) is 12.5 Å². The van der Waals surface area contributed by atoms with Gasteiger partial charge < -0.3 is 13.9 Å². The highest BCUT2D eigenvalue weighted by atomic mass is 28.4. The van der Waals surface area contributed by atoms with Crippen LogP contribution < -0.4 is 5.19 Å². The number of hydrogen-bond donors (Lipinski definition) is 0. The summed E-state index contributed by atoms with van der Waals surface area (Å²) in [5.41, 5.74) is -0.811. The number of nitrogens with zero attached hydrogens (tertiary/aromatic N) is 1. The van der Waals surface area contributed by atoms with E-state index in [1.807, 2.05) is 18.2 Å². The Bertz CT molecular complexity index is 1050. The Morgan fingerprint density at radius 1 is 0.919 bits per heavy atom. The largest absolute Gasteiger partial charge is 0.443 e. The SMILES string of the molecule is CC(=O)OC1=C(C(C)=O)[C@H]([Si](C)(C)c2ccccc2)[C@@H](CO[Si](C)(C)C(C)(C)C)N1C(=O)OC(C)(C)C. The summed E-state index contributed by atoms with van der Waals surface area (Å²) >= 11 is 0. The summed E-state index contributed by atoms with van der Waals surface area (Å²) in [5.74, 6) is -0.869. The maximum Gasteiger partial charge on any atom is 0.417 e. The van der Waals surface area contributed by atoms with Crippen molar-refractivity contribution < 1.29 is 28.3 Å². The predicted octanol–water partition coefficient (Wildman–Crippen LogP) is 5.98. The van der Waals surface area contributed by atoms with Gasteiger partial charge in [0.1, 0.15) is 5.60 Å². The van der Waals surface area contributed by atoms with E-state index in [2.05, 4.69) is 59.1 Å². The molecule has 1 aromatic rings. The second-order valence-electron chi connectivity index (χ2n) is 12.9. The number of amides is 1. The molecule has 1 aliphatic rings. The van der Waals surface area contributed by atoms with E-state index >= 15 is 0 Å². The van der Waals surface area contributed by atoms with Crippen LogP contribution in [0.1, 0.15) is 55.4 Å². The summed E-state index contributed by atoms with van der Waals surface area (Å²) in [6, 6.07) is 9.49. The molecule has 0 saturated carbocycles. The standard InChI is InChI=1S/C28H45NO6Si2/c1-19(30)23-24(36(9,10)21-16-14-13-15-17-21)22(18-33-37(11,12)28(6,7)8)29(25(23)34-20(2)31)26(32)35-27(3,4)5/h13-17,22,24H,18H2,1-12H3/t22-,24-/m1/s1. The van der Waals surface area contributed by atoms with Crippen molar-refractivity contribution in [2.45, 2.75) is 104 Å². The van der Waals surface area contributed by atoms with Gasteiger partial charge in [0.2, 0.25) is 5.88 Å². The van der Waals surface area contributed by atoms with E-state index in [0.717, 1.165) is 5.19 Å². The molecule has 0 unspecified atom stereocenters. The Balaban J connectivity index is 2.79. The molecule has 0 fully saturated rings. The van der Waals surface area contributed by atoms with Gasteiger partial charge in [-0.05, 0) is 45.8 Å². The lowest BCUT2D eigenvalue weighted by atomic mass is 10.1. The second-order valence-corrected chi connectivity index (χ2v) is 22.4. The number of carbonyl (C=O) groups excluding carboxylic acids is 3. The minimum Gasteiger partial charge on any atom is -0.443 e. The summed E-state index contributed by atoms with van der Waals surface area (Å²) in [6.45, 7) is 23.4. The van der Waals surface area contributed by atoms with E-state index in [0.29, 0.717) is 5.57 Å². The van der Waals surface area contributed by atoms with Crippen LogP contribution >= 0.6 is 0 Å². The van der Waals surface area contributed by atoms with Gasteiger partial charge in [-0.2, -0.15) is 0 Å². The smallest absolute Gasteiger partial charge is 0.417 e. The highest BCUT2D eigenvalue weighted by molar-refractivity contribution is 6.92. The fraction of sp³-hybridized carbons (Fsp3) is 0.607. The highest BCUT2D eigenvalue weighted by Crippen LogP contribution is 2.47. The van der Waals surface area contributed by atoms with E-state index in [9.17, 15) is 14.4 Å². The van der Waals surface area contributed by atoms with E-state index < -0.39 is 40.1 Å². The van der Waals surface area contributed by atoms with Crippen LogP contribution in [0.3, 0.4) is 0 Å². The van der Waals surface area contributed by atoms with Crippen molar-refractivity contribution in [3.8, 4) is 0 Å². The van der Waals surface area contributed by atoms with Crippen LogP contribution in [0.2, 0.25) is 36.8 Å². The van der Waals surface area contributed by atoms with Gasteiger partial charge in [0.05, 0.1) is 26.3 Å². The Kier molecular flexibility index (Phi) is 9.10. The molecular weight excluding hydrogens is 502 g/mol. The zero-order valence-electron chi connectivity index (χ0n) is 24.6. The Morgan fingerprint density at radius 3 is 1.89 bits per heavy atom. The van der Waals surface area contributed by atoms with Crippen LogP contribution in [0.25, 0.3) is 0 Å². The van der Waals surface area contributed by atoms with E-state index in [-0.39, 0.29) is 28.9 Å². The minimum absolute atomic E-state index is 0.0282. The molecule has 1 amide bonds. The fourth-order valence-corrected chi connectivity index (χ4v) is 9.15. The third kappa shape index (κ3) is 7.00. The topological polar surface area (TPSA) is 82.1 Å². The normalized spacial score (nSPS) is 19.2. The number of carbonyl (C=O) groups is 3. The summed E-state index contributed by atoms with van der Waals surface area (Å²) in [5, 5.41) is 1.07. The molecule has 206 valence electrons. The van der Waals surface area contributed by atoms with Crippen LogP contribution in [0.5, 0.6) is 0 Å². The molecule has 0 aromatic heterocycles. The van der Waals surface area contributed by atoms with Gasteiger partial charge in [-0.15, -0.1) is 0 Å². The molecular formula is C28H45NO6Si2. The first kappa shape index (κ1) is 31.0. The molecule has 1 aliphatic heterocycles. The third-order valence-electron chi connectivity index (χ3n) is 7.40. The molecule has 1 heterocycles. The van der Waals surface area contributed by atoms with Crippen LogP contribution in [0.15, 0.2) is 41.8 Å². The fourth-order valence-electron chi connectivity index (χ4n) is 4.46. The first-order chi connectivity index (χ1) is 16.7. The number of rotatable bonds is 7. The van der Waals surface area contributed by atoms with Crippen molar-refractivity contribution in [3.63, 3.8) is 0 Å². The van der Waals surface area contributed by atoms with Gasteiger partial charge in [-0.3, -0.25) is 9.59 Å². The number of benzene rings is 1. The van der Waals surface area contributed by atoms with Crippen molar-refractivity contribution in [2.24, 2.45) is 0 Å². The molecule has 0 saturated heterocycles. The summed E-state index contributed by atoms with van der Waals surface area (Å²) in [4.78, 5) is 40.6. The number of Topliss-reactive ketones (excluding diaryl/α,β-unsaturated/α-hetero) is 1. The maximum atomic E-state index is 13.7. The summed E-state index contributed by atoms with van der Waals surface area (Å²) in [6.07, 6.45) is -0.660. The van der Waals surface area contributed by atoms with E-state index in [4.69, 9.17) is 13.9 Å². The quantitative estimate of drug-likeness (QED) is 0.309. The third-order valence-corrected chi connectivity index (χ3v) is 16.0. The molecule has 9 heteroatoms. The molecule has 2 rings (SSSR count). The molecule has 0 N–H and O–H groups in total. The lowest BCUT2D eigenvalue weighted by Crippen LogP contribution is -2.55. The van der Waals surface area contributed by atoms with Crippen molar-refractivity contribution >= 4 is 39.4 Å². The molecule has 7 nitrogen and oxygen atoms in total. The van der Waals surface area contributed by atoms with Crippen LogP contribution in [0.4, 0.5) is 4.79 Å². The van der Waals surface area contributed by atoms with Crippen LogP contribution in [0, 0.1) is 0 Å². The maximum absolute atomic E-state index is 13.7. The Hall–Kier alpha value is -2.24. The first-order valence-corrected chi connectivity index (χ1v) is 18.8. The zero-order valence-corrected chi connectivity index (χ0v) is 26.6. The van der Waals surface area contributed by atoms with Crippen molar-refractivity contribution in [1.82, 2.24) is 4.90 Å².